The number of nitrogens with zero attached hydrogens (tertiary/aromatic N) is 1. The lowest BCUT2D eigenvalue weighted by atomic mass is 10.3. The van der Waals surface area contributed by atoms with Gasteiger partial charge in [-0.15, -0.1) is 22.7 Å². The molecule has 0 aliphatic heterocycles. The number of aromatic nitrogens is 1. The summed E-state index contributed by atoms with van der Waals surface area (Å²) in [6, 6.07) is 3.86. The first kappa shape index (κ1) is 7.91. The number of thiazole rings is 1. The van der Waals surface area contributed by atoms with E-state index in [1.54, 1.807) is 23.0 Å². The van der Waals surface area contributed by atoms with Crippen molar-refractivity contribution in [2.24, 2.45) is 0 Å². The van der Waals surface area contributed by atoms with Gasteiger partial charge in [0, 0.05) is 11.1 Å². The number of hydrogen-bond donors (Lipinski definition) is 1. The van der Waals surface area contributed by atoms with E-state index in [4.69, 9.17) is 0 Å². The van der Waals surface area contributed by atoms with Crippen molar-refractivity contribution in [2.75, 3.05) is 0 Å². The molecule has 1 unspecified atom stereocenters. The molecule has 0 fully saturated rings. The molecule has 0 aliphatic carbocycles. The fourth-order valence-electron chi connectivity index (χ4n) is 0.948. The van der Waals surface area contributed by atoms with Gasteiger partial charge in [-0.25, -0.2) is 0 Å². The first-order chi connectivity index (χ1) is 5.88. The largest absolute Gasteiger partial charge is 0.382 e. The highest BCUT2D eigenvalue weighted by atomic mass is 32.1. The molecule has 1 atom stereocenters. The van der Waals surface area contributed by atoms with Gasteiger partial charge in [0.2, 0.25) is 0 Å². The highest BCUT2D eigenvalue weighted by Crippen LogP contribution is 2.27. The minimum absolute atomic E-state index is 0.488. The summed E-state index contributed by atoms with van der Waals surface area (Å²) in [6.07, 6.45) is 1.21. The van der Waals surface area contributed by atoms with Crippen molar-refractivity contribution in [1.82, 2.24) is 4.98 Å². The summed E-state index contributed by atoms with van der Waals surface area (Å²) in [5.74, 6) is 0. The number of aliphatic hydroxyl groups excluding tert-OH is 1. The topological polar surface area (TPSA) is 33.1 Å². The van der Waals surface area contributed by atoms with Gasteiger partial charge in [-0.1, -0.05) is 6.07 Å². The molecule has 0 aliphatic rings. The zero-order valence-electron chi connectivity index (χ0n) is 6.18. The average molecular weight is 197 g/mol. The zero-order valence-corrected chi connectivity index (χ0v) is 7.81. The van der Waals surface area contributed by atoms with E-state index in [0.717, 1.165) is 9.75 Å². The monoisotopic (exact) mass is 197 g/mol. The van der Waals surface area contributed by atoms with Gasteiger partial charge >= 0.3 is 0 Å². The Morgan fingerprint density at radius 1 is 1.33 bits per heavy atom. The van der Waals surface area contributed by atoms with Crippen molar-refractivity contribution in [1.29, 1.82) is 0 Å². The molecule has 2 aromatic rings. The Kier molecular flexibility index (Phi) is 2.21. The molecule has 0 radical (unpaired) electrons. The molecule has 62 valence electrons. The number of hydrogen-bond acceptors (Lipinski definition) is 4. The van der Waals surface area contributed by atoms with Crippen LogP contribution in [0.5, 0.6) is 0 Å². The second-order valence-corrected chi connectivity index (χ2v) is 4.22. The van der Waals surface area contributed by atoms with Crippen LogP contribution in [0.2, 0.25) is 0 Å². The minimum atomic E-state index is -0.488. The van der Waals surface area contributed by atoms with E-state index in [2.05, 4.69) is 4.98 Å². The second-order valence-electron chi connectivity index (χ2n) is 2.32. The van der Waals surface area contributed by atoms with Gasteiger partial charge in [0.25, 0.3) is 0 Å². The van der Waals surface area contributed by atoms with Gasteiger partial charge in [0.1, 0.15) is 6.10 Å². The lowest BCUT2D eigenvalue weighted by molar-refractivity contribution is 0.228. The smallest absolute Gasteiger partial charge is 0.124 e. The lowest BCUT2D eigenvalue weighted by Crippen LogP contribution is -1.92. The normalized spacial score (nSPS) is 13.1. The van der Waals surface area contributed by atoms with Gasteiger partial charge in [0.05, 0.1) is 10.4 Å². The quantitative estimate of drug-likeness (QED) is 0.801. The van der Waals surface area contributed by atoms with Gasteiger partial charge < -0.3 is 5.11 Å². The molecule has 0 spiro atoms. The molecular formula is C8H7NOS2. The molecule has 4 heteroatoms. The summed E-state index contributed by atoms with van der Waals surface area (Å²) in [7, 11) is 0. The number of aliphatic hydroxyl groups is 1. The van der Waals surface area contributed by atoms with Crippen LogP contribution in [0.4, 0.5) is 0 Å². The molecule has 2 rings (SSSR count). The van der Waals surface area contributed by atoms with E-state index in [1.807, 2.05) is 17.5 Å². The van der Waals surface area contributed by atoms with Crippen LogP contribution in [0.15, 0.2) is 29.2 Å². The predicted molar refractivity (Wildman–Crippen MR) is 50.5 cm³/mol. The highest BCUT2D eigenvalue weighted by Gasteiger charge is 2.11. The molecule has 0 bridgehead atoms. The van der Waals surface area contributed by atoms with Crippen LogP contribution < -0.4 is 0 Å². The lowest BCUT2D eigenvalue weighted by Gasteiger charge is -2.02. The number of thiophene rings is 1. The van der Waals surface area contributed by atoms with Crippen molar-refractivity contribution in [3.05, 3.63) is 39.0 Å². The van der Waals surface area contributed by atoms with Gasteiger partial charge in [-0.3, -0.25) is 4.98 Å². The maximum absolute atomic E-state index is 9.75. The van der Waals surface area contributed by atoms with E-state index in [0.29, 0.717) is 0 Å². The maximum atomic E-state index is 9.75. The number of rotatable bonds is 2. The molecule has 2 aromatic heterocycles. The van der Waals surface area contributed by atoms with E-state index >= 15 is 0 Å². The van der Waals surface area contributed by atoms with Crippen LogP contribution >= 0.6 is 22.7 Å². The molecule has 1 N–H and O–H groups in total. The van der Waals surface area contributed by atoms with Gasteiger partial charge in [-0.05, 0) is 11.4 Å². The Morgan fingerprint density at radius 2 is 2.25 bits per heavy atom. The maximum Gasteiger partial charge on any atom is 0.124 e. The predicted octanol–water partition coefficient (Wildman–Crippen LogP) is 2.29. The molecule has 12 heavy (non-hydrogen) atoms. The van der Waals surface area contributed by atoms with Crippen molar-refractivity contribution in [3.8, 4) is 0 Å². The zero-order chi connectivity index (χ0) is 8.39. The van der Waals surface area contributed by atoms with Gasteiger partial charge in [-0.2, -0.15) is 0 Å². The fraction of sp³-hybridized carbons (Fsp3) is 0.125. The Labute approximate surface area is 78.1 Å². The molecule has 0 amide bonds. The standard InChI is InChI=1S/C8H7NOS2/c10-8(6-2-1-3-11-6)7-4-9-5-12-7/h1-5,8,10H. The SMILES string of the molecule is OC(c1cccs1)c1cncs1. The Hall–Kier alpha value is -0.710. The first-order valence-corrected chi connectivity index (χ1v) is 5.23. The molecule has 0 aromatic carbocycles. The molecule has 0 saturated carbocycles. The first-order valence-electron chi connectivity index (χ1n) is 3.48. The third-order valence-electron chi connectivity index (χ3n) is 1.53. The Morgan fingerprint density at radius 3 is 2.83 bits per heavy atom. The van der Waals surface area contributed by atoms with Gasteiger partial charge in [0.15, 0.2) is 0 Å². The third kappa shape index (κ3) is 1.41. The minimum Gasteiger partial charge on any atom is -0.382 e. The average Bonchev–Trinajstić information content (AvgIpc) is 2.77. The van der Waals surface area contributed by atoms with E-state index in [9.17, 15) is 5.11 Å². The summed E-state index contributed by atoms with van der Waals surface area (Å²) < 4.78 is 0. The van der Waals surface area contributed by atoms with Crippen molar-refractivity contribution in [2.45, 2.75) is 6.10 Å². The molecular weight excluding hydrogens is 190 g/mol. The Bertz CT molecular complexity index is 294. The highest BCUT2D eigenvalue weighted by molar-refractivity contribution is 7.11. The summed E-state index contributed by atoms with van der Waals surface area (Å²) in [6.45, 7) is 0. The van der Waals surface area contributed by atoms with Crippen LogP contribution in [-0.4, -0.2) is 10.1 Å². The summed E-state index contributed by atoms with van der Waals surface area (Å²) in [4.78, 5) is 5.79. The Balaban J connectivity index is 2.27. The molecule has 0 saturated heterocycles. The van der Waals surface area contributed by atoms with Crippen molar-refractivity contribution in [3.63, 3.8) is 0 Å². The van der Waals surface area contributed by atoms with Crippen LogP contribution in [0.25, 0.3) is 0 Å². The summed E-state index contributed by atoms with van der Waals surface area (Å²) >= 11 is 3.03. The van der Waals surface area contributed by atoms with E-state index in [1.165, 1.54) is 11.3 Å². The van der Waals surface area contributed by atoms with Crippen LogP contribution in [0.3, 0.4) is 0 Å². The summed E-state index contributed by atoms with van der Waals surface area (Å²) in [5.41, 5.74) is 1.73. The van der Waals surface area contributed by atoms with E-state index in [-0.39, 0.29) is 0 Å². The second kappa shape index (κ2) is 3.35. The molecule has 2 nitrogen and oxygen atoms in total. The van der Waals surface area contributed by atoms with Crippen molar-refractivity contribution >= 4 is 22.7 Å². The van der Waals surface area contributed by atoms with Crippen LogP contribution in [-0.2, 0) is 0 Å². The third-order valence-corrected chi connectivity index (χ3v) is 3.29. The molecule has 2 heterocycles. The van der Waals surface area contributed by atoms with Crippen LogP contribution in [0, 0.1) is 0 Å². The summed E-state index contributed by atoms with van der Waals surface area (Å²) in [5, 5.41) is 11.7. The fourth-order valence-corrected chi connectivity index (χ4v) is 2.37. The van der Waals surface area contributed by atoms with Crippen molar-refractivity contribution < 1.29 is 5.11 Å². The van der Waals surface area contributed by atoms with E-state index < -0.39 is 6.10 Å². The van der Waals surface area contributed by atoms with Crippen LogP contribution in [0.1, 0.15) is 15.9 Å².